The maximum atomic E-state index is 10.8. The second kappa shape index (κ2) is 5.25. The van der Waals surface area contributed by atoms with Crippen molar-refractivity contribution in [3.8, 4) is 0 Å². The van der Waals surface area contributed by atoms with Crippen molar-refractivity contribution in [2.75, 3.05) is 6.54 Å². The normalized spacial score (nSPS) is 23.1. The molecule has 0 bridgehead atoms. The maximum Gasteiger partial charge on any atom is 0.272 e. The molecule has 2 N–H and O–H groups in total. The van der Waals surface area contributed by atoms with Crippen LogP contribution in [0.1, 0.15) is 18.4 Å². The van der Waals surface area contributed by atoms with E-state index in [9.17, 15) is 10.1 Å². The van der Waals surface area contributed by atoms with E-state index in [1.807, 2.05) is 6.07 Å². The molecular weight excluding hydrogens is 220 g/mol. The third-order valence-electron chi connectivity index (χ3n) is 3.13. The van der Waals surface area contributed by atoms with Crippen LogP contribution in [0.5, 0.6) is 0 Å². The summed E-state index contributed by atoms with van der Waals surface area (Å²) in [5, 5.41) is 23.2. The highest BCUT2D eigenvalue weighted by atomic mass is 16.6. The zero-order valence-electron chi connectivity index (χ0n) is 9.50. The average Bonchev–Trinajstić information content (AvgIpc) is 2.27. The highest BCUT2D eigenvalue weighted by Crippen LogP contribution is 2.20. The van der Waals surface area contributed by atoms with Crippen molar-refractivity contribution in [2.24, 2.45) is 0 Å². The van der Waals surface area contributed by atoms with Gasteiger partial charge in [0.15, 0.2) is 0 Å². The summed E-state index contributed by atoms with van der Waals surface area (Å²) in [6, 6.07) is 7.18. The lowest BCUT2D eigenvalue weighted by molar-refractivity contribution is -0.385. The van der Waals surface area contributed by atoms with Gasteiger partial charge in [-0.1, -0.05) is 18.2 Å². The van der Waals surface area contributed by atoms with Gasteiger partial charge in [0.05, 0.1) is 11.0 Å². The molecule has 1 aliphatic carbocycles. The molecule has 0 radical (unpaired) electrons. The highest BCUT2D eigenvalue weighted by Gasteiger charge is 2.26. The maximum absolute atomic E-state index is 10.8. The van der Waals surface area contributed by atoms with Gasteiger partial charge in [-0.05, 0) is 25.8 Å². The van der Waals surface area contributed by atoms with E-state index in [2.05, 4.69) is 5.32 Å². The van der Waals surface area contributed by atoms with Crippen LogP contribution in [0.25, 0.3) is 0 Å². The molecule has 0 saturated heterocycles. The predicted octanol–water partition coefficient (Wildman–Crippen LogP) is 1.25. The van der Waals surface area contributed by atoms with Crippen LogP contribution in [-0.2, 0) is 6.42 Å². The molecule has 1 aromatic rings. The van der Waals surface area contributed by atoms with Gasteiger partial charge in [0.25, 0.3) is 5.69 Å². The molecule has 0 spiro atoms. The lowest BCUT2D eigenvalue weighted by Gasteiger charge is -2.32. The quantitative estimate of drug-likeness (QED) is 0.596. The largest absolute Gasteiger partial charge is 0.393 e. The number of hydrogen-bond acceptors (Lipinski definition) is 4. The van der Waals surface area contributed by atoms with Crippen LogP contribution >= 0.6 is 0 Å². The first kappa shape index (κ1) is 12.0. The number of benzene rings is 1. The van der Waals surface area contributed by atoms with E-state index in [0.717, 1.165) is 18.4 Å². The Kier molecular flexibility index (Phi) is 3.71. The topological polar surface area (TPSA) is 75.4 Å². The van der Waals surface area contributed by atoms with Gasteiger partial charge in [0, 0.05) is 17.7 Å². The molecule has 1 aromatic carbocycles. The summed E-state index contributed by atoms with van der Waals surface area (Å²) in [5.74, 6) is 0. The van der Waals surface area contributed by atoms with Crippen LogP contribution in [0.15, 0.2) is 24.3 Å². The zero-order chi connectivity index (χ0) is 12.3. The lowest BCUT2D eigenvalue weighted by Crippen LogP contribution is -2.44. The summed E-state index contributed by atoms with van der Waals surface area (Å²) in [5.41, 5.74) is 0.938. The van der Waals surface area contributed by atoms with Crippen molar-refractivity contribution in [3.05, 3.63) is 39.9 Å². The minimum Gasteiger partial charge on any atom is -0.393 e. The summed E-state index contributed by atoms with van der Waals surface area (Å²) in [6.07, 6.45) is 2.05. The Morgan fingerprint density at radius 2 is 2.12 bits per heavy atom. The Morgan fingerprint density at radius 3 is 2.76 bits per heavy atom. The number of nitro groups is 1. The molecule has 92 valence electrons. The van der Waals surface area contributed by atoms with E-state index in [1.54, 1.807) is 12.1 Å². The first-order valence-electron chi connectivity index (χ1n) is 5.80. The third kappa shape index (κ3) is 3.01. The molecule has 0 aliphatic heterocycles. The lowest BCUT2D eigenvalue weighted by atomic mass is 9.89. The Labute approximate surface area is 99.6 Å². The van der Waals surface area contributed by atoms with E-state index in [0.29, 0.717) is 19.0 Å². The van der Waals surface area contributed by atoms with Crippen LogP contribution in [-0.4, -0.2) is 28.7 Å². The van der Waals surface area contributed by atoms with Gasteiger partial charge in [0.2, 0.25) is 0 Å². The van der Waals surface area contributed by atoms with Crippen LogP contribution < -0.4 is 5.32 Å². The average molecular weight is 236 g/mol. The Balaban J connectivity index is 1.84. The van der Waals surface area contributed by atoms with Crippen molar-refractivity contribution in [3.63, 3.8) is 0 Å². The van der Waals surface area contributed by atoms with Gasteiger partial charge in [-0.15, -0.1) is 0 Å². The fraction of sp³-hybridized carbons (Fsp3) is 0.500. The third-order valence-corrected chi connectivity index (χ3v) is 3.13. The molecular formula is C12H16N2O3. The number of aliphatic hydroxyl groups excluding tert-OH is 1. The van der Waals surface area contributed by atoms with Gasteiger partial charge in [-0.25, -0.2) is 0 Å². The minimum atomic E-state index is -0.345. The Bertz CT molecular complexity index is 402. The number of nitrogens with zero attached hydrogens (tertiary/aromatic N) is 1. The molecule has 5 heteroatoms. The highest BCUT2D eigenvalue weighted by molar-refractivity contribution is 5.39. The Hall–Kier alpha value is -1.46. The second-order valence-corrected chi connectivity index (χ2v) is 4.41. The smallest absolute Gasteiger partial charge is 0.272 e. The molecule has 1 saturated carbocycles. The van der Waals surface area contributed by atoms with Crippen molar-refractivity contribution >= 4 is 5.69 Å². The van der Waals surface area contributed by atoms with Crippen LogP contribution in [0.4, 0.5) is 5.69 Å². The SMILES string of the molecule is O=[N+]([O-])c1ccccc1CCNC1CC(O)C1. The van der Waals surface area contributed by atoms with Gasteiger partial charge < -0.3 is 10.4 Å². The van der Waals surface area contributed by atoms with E-state index in [1.165, 1.54) is 6.07 Å². The van der Waals surface area contributed by atoms with Crippen molar-refractivity contribution in [1.29, 1.82) is 0 Å². The standard InChI is InChI=1S/C12H16N2O3/c15-11-7-10(8-11)13-6-5-9-3-1-2-4-12(9)14(16)17/h1-4,10-11,13,15H,5-8H2. The van der Waals surface area contributed by atoms with E-state index in [-0.39, 0.29) is 16.7 Å². The summed E-state index contributed by atoms with van der Waals surface area (Å²) in [7, 11) is 0. The molecule has 2 rings (SSSR count). The summed E-state index contributed by atoms with van der Waals surface area (Å²) < 4.78 is 0. The van der Waals surface area contributed by atoms with E-state index < -0.39 is 0 Å². The zero-order valence-corrected chi connectivity index (χ0v) is 9.50. The number of nitrogens with one attached hydrogen (secondary N) is 1. The fourth-order valence-corrected chi connectivity index (χ4v) is 2.07. The second-order valence-electron chi connectivity index (χ2n) is 4.41. The molecule has 5 nitrogen and oxygen atoms in total. The first-order valence-corrected chi connectivity index (χ1v) is 5.80. The summed E-state index contributed by atoms with van der Waals surface area (Å²) in [6.45, 7) is 0.711. The molecule has 0 unspecified atom stereocenters. The van der Waals surface area contributed by atoms with Crippen molar-refractivity contribution in [2.45, 2.75) is 31.4 Å². The number of rotatable bonds is 5. The van der Waals surface area contributed by atoms with Crippen LogP contribution in [0.3, 0.4) is 0 Å². The fourth-order valence-electron chi connectivity index (χ4n) is 2.07. The van der Waals surface area contributed by atoms with Gasteiger partial charge in [-0.3, -0.25) is 10.1 Å². The van der Waals surface area contributed by atoms with E-state index in [4.69, 9.17) is 5.11 Å². The molecule has 1 fully saturated rings. The summed E-state index contributed by atoms with van der Waals surface area (Å²) in [4.78, 5) is 10.4. The van der Waals surface area contributed by atoms with Crippen molar-refractivity contribution in [1.82, 2.24) is 5.32 Å². The molecule has 0 heterocycles. The molecule has 1 aliphatic rings. The van der Waals surface area contributed by atoms with E-state index >= 15 is 0 Å². The van der Waals surface area contributed by atoms with Gasteiger partial charge in [-0.2, -0.15) is 0 Å². The molecule has 0 atom stereocenters. The molecule has 0 amide bonds. The monoisotopic (exact) mass is 236 g/mol. The molecule has 17 heavy (non-hydrogen) atoms. The van der Waals surface area contributed by atoms with Gasteiger partial charge in [0.1, 0.15) is 0 Å². The molecule has 0 aromatic heterocycles. The Morgan fingerprint density at radius 1 is 1.41 bits per heavy atom. The number of nitro benzene ring substituents is 1. The number of hydrogen-bond donors (Lipinski definition) is 2. The van der Waals surface area contributed by atoms with Gasteiger partial charge >= 0.3 is 0 Å². The van der Waals surface area contributed by atoms with Crippen LogP contribution in [0.2, 0.25) is 0 Å². The number of aliphatic hydroxyl groups is 1. The van der Waals surface area contributed by atoms with Crippen LogP contribution in [0, 0.1) is 10.1 Å². The first-order chi connectivity index (χ1) is 8.16. The summed E-state index contributed by atoms with van der Waals surface area (Å²) >= 11 is 0. The predicted molar refractivity (Wildman–Crippen MR) is 63.8 cm³/mol. The number of para-hydroxylation sites is 1. The minimum absolute atomic E-state index is 0.168. The van der Waals surface area contributed by atoms with Crippen molar-refractivity contribution < 1.29 is 10.0 Å².